The molecule has 0 saturated carbocycles. The fraction of sp³-hybridized carbons (Fsp3) is 0.400. The molecule has 2 rings (SSSR count). The van der Waals surface area contributed by atoms with Gasteiger partial charge in [-0.3, -0.25) is 0 Å². The van der Waals surface area contributed by atoms with E-state index in [9.17, 15) is 0 Å². The van der Waals surface area contributed by atoms with Crippen molar-refractivity contribution in [3.8, 4) is 6.07 Å². The molecular weight excluding hydrogens is 198 g/mol. The molecule has 4 heteroatoms. The lowest BCUT2D eigenvalue weighted by Crippen LogP contribution is -2.14. The number of hydrogen-bond donors (Lipinski definition) is 1. The van der Waals surface area contributed by atoms with E-state index >= 15 is 0 Å². The van der Waals surface area contributed by atoms with E-state index in [1.165, 1.54) is 0 Å². The van der Waals surface area contributed by atoms with Gasteiger partial charge in [0.1, 0.15) is 5.15 Å². The number of hydrogen-bond acceptors (Lipinski definition) is 3. The highest BCUT2D eigenvalue weighted by atomic mass is 35.5. The number of aromatic nitrogens is 1. The molecule has 1 aromatic heterocycles. The van der Waals surface area contributed by atoms with Crippen LogP contribution >= 0.6 is 11.6 Å². The smallest absolute Gasteiger partial charge is 0.130 e. The Morgan fingerprint density at radius 3 is 3.14 bits per heavy atom. The molecule has 14 heavy (non-hydrogen) atoms. The molecule has 0 unspecified atom stereocenters. The number of pyridine rings is 1. The van der Waals surface area contributed by atoms with Crippen molar-refractivity contribution < 1.29 is 0 Å². The summed E-state index contributed by atoms with van der Waals surface area (Å²) in [4.78, 5) is 4.01. The maximum absolute atomic E-state index is 8.94. The molecule has 0 spiro atoms. The van der Waals surface area contributed by atoms with Crippen LogP contribution in [-0.4, -0.2) is 11.5 Å². The average molecular weight is 208 g/mol. The molecule has 72 valence electrons. The van der Waals surface area contributed by atoms with E-state index in [1.54, 1.807) is 12.3 Å². The van der Waals surface area contributed by atoms with E-state index in [-0.39, 0.29) is 6.04 Å². The third-order valence-electron chi connectivity index (χ3n) is 2.46. The second-order valence-electron chi connectivity index (χ2n) is 3.36. The Labute approximate surface area is 87.7 Å². The van der Waals surface area contributed by atoms with Gasteiger partial charge in [0.2, 0.25) is 0 Å². The zero-order chi connectivity index (χ0) is 9.97. The van der Waals surface area contributed by atoms with Gasteiger partial charge in [-0.1, -0.05) is 11.6 Å². The normalized spacial score (nSPS) is 20.7. The van der Waals surface area contributed by atoms with Crippen LogP contribution in [-0.2, 0) is 0 Å². The fourth-order valence-electron chi connectivity index (χ4n) is 1.76. The summed E-state index contributed by atoms with van der Waals surface area (Å²) in [5.41, 5.74) is 1.60. The first kappa shape index (κ1) is 9.45. The predicted molar refractivity (Wildman–Crippen MR) is 53.9 cm³/mol. The van der Waals surface area contributed by atoms with Gasteiger partial charge in [-0.2, -0.15) is 5.26 Å². The maximum atomic E-state index is 8.94. The van der Waals surface area contributed by atoms with Crippen molar-refractivity contribution in [1.29, 1.82) is 5.26 Å². The van der Waals surface area contributed by atoms with Gasteiger partial charge in [0.05, 0.1) is 11.6 Å². The minimum atomic E-state index is 0.273. The molecule has 1 saturated heterocycles. The van der Waals surface area contributed by atoms with Gasteiger partial charge in [0, 0.05) is 17.8 Å². The van der Waals surface area contributed by atoms with Gasteiger partial charge in [-0.15, -0.1) is 0 Å². The number of nitrogens with one attached hydrogen (secondary N) is 1. The van der Waals surface area contributed by atoms with Gasteiger partial charge in [0.25, 0.3) is 0 Å². The zero-order valence-corrected chi connectivity index (χ0v) is 8.38. The Balaban J connectivity index is 2.37. The summed E-state index contributed by atoms with van der Waals surface area (Å²) in [6, 6.07) is 4.04. The molecule has 2 heterocycles. The van der Waals surface area contributed by atoms with Crippen molar-refractivity contribution in [1.82, 2.24) is 10.3 Å². The van der Waals surface area contributed by atoms with Crippen LogP contribution in [0.1, 0.15) is 30.0 Å². The van der Waals surface area contributed by atoms with Crippen molar-refractivity contribution in [3.05, 3.63) is 28.5 Å². The SMILES string of the molecule is N#Cc1cc(Cl)ncc1[C@@H]1CCCN1. The van der Waals surface area contributed by atoms with Crippen LogP contribution in [0, 0.1) is 11.3 Å². The van der Waals surface area contributed by atoms with Crippen LogP contribution in [0.25, 0.3) is 0 Å². The van der Waals surface area contributed by atoms with Crippen molar-refractivity contribution in [3.63, 3.8) is 0 Å². The first-order chi connectivity index (χ1) is 6.81. The first-order valence-electron chi connectivity index (χ1n) is 4.60. The third-order valence-corrected chi connectivity index (χ3v) is 2.66. The van der Waals surface area contributed by atoms with Crippen LogP contribution in [0.15, 0.2) is 12.3 Å². The molecule has 0 aliphatic carbocycles. The lowest BCUT2D eigenvalue weighted by Gasteiger charge is -2.11. The quantitative estimate of drug-likeness (QED) is 0.717. The topological polar surface area (TPSA) is 48.7 Å². The molecule has 3 nitrogen and oxygen atoms in total. The second kappa shape index (κ2) is 3.95. The van der Waals surface area contributed by atoms with Crippen LogP contribution in [0.5, 0.6) is 0 Å². The van der Waals surface area contributed by atoms with Crippen LogP contribution in [0.2, 0.25) is 5.15 Å². The Kier molecular flexibility index (Phi) is 2.67. The number of halogens is 1. The molecule has 0 bridgehead atoms. The van der Waals surface area contributed by atoms with E-state index in [0.29, 0.717) is 10.7 Å². The van der Waals surface area contributed by atoms with E-state index in [1.807, 2.05) is 0 Å². The Hall–Kier alpha value is -1.11. The minimum absolute atomic E-state index is 0.273. The number of nitriles is 1. The summed E-state index contributed by atoms with van der Waals surface area (Å²) in [6.45, 7) is 1.01. The van der Waals surface area contributed by atoms with Gasteiger partial charge in [-0.05, 0) is 25.5 Å². The highest BCUT2D eigenvalue weighted by Crippen LogP contribution is 2.26. The third kappa shape index (κ3) is 1.72. The van der Waals surface area contributed by atoms with Gasteiger partial charge in [0.15, 0.2) is 0 Å². The predicted octanol–water partition coefficient (Wildman–Crippen LogP) is 2.03. The van der Waals surface area contributed by atoms with Gasteiger partial charge < -0.3 is 5.32 Å². The van der Waals surface area contributed by atoms with E-state index in [2.05, 4.69) is 16.4 Å². The molecule has 0 amide bonds. The Bertz CT molecular complexity index is 377. The molecule has 0 aromatic carbocycles. The molecule has 1 aliphatic heterocycles. The summed E-state index contributed by atoms with van der Waals surface area (Å²) < 4.78 is 0. The van der Waals surface area contributed by atoms with Crippen LogP contribution in [0.3, 0.4) is 0 Å². The molecule has 0 radical (unpaired) electrons. The highest BCUT2D eigenvalue weighted by Gasteiger charge is 2.19. The summed E-state index contributed by atoms with van der Waals surface area (Å²) in [6.07, 6.45) is 3.92. The Morgan fingerprint density at radius 2 is 2.50 bits per heavy atom. The van der Waals surface area contributed by atoms with Crippen molar-refractivity contribution in [2.75, 3.05) is 6.54 Å². The minimum Gasteiger partial charge on any atom is -0.310 e. The number of nitrogens with zero attached hydrogens (tertiary/aromatic N) is 2. The molecule has 1 fully saturated rings. The maximum Gasteiger partial charge on any atom is 0.130 e. The second-order valence-corrected chi connectivity index (χ2v) is 3.74. The van der Waals surface area contributed by atoms with Gasteiger partial charge >= 0.3 is 0 Å². The van der Waals surface area contributed by atoms with Crippen molar-refractivity contribution >= 4 is 11.6 Å². The molecular formula is C10H10ClN3. The monoisotopic (exact) mass is 207 g/mol. The largest absolute Gasteiger partial charge is 0.310 e. The molecule has 1 atom stereocenters. The molecule has 1 aromatic rings. The van der Waals surface area contributed by atoms with Crippen LogP contribution in [0.4, 0.5) is 0 Å². The lowest BCUT2D eigenvalue weighted by atomic mass is 10.0. The summed E-state index contributed by atoms with van der Waals surface area (Å²) in [5.74, 6) is 0. The van der Waals surface area contributed by atoms with Crippen LogP contribution < -0.4 is 5.32 Å². The van der Waals surface area contributed by atoms with Crippen molar-refractivity contribution in [2.45, 2.75) is 18.9 Å². The Morgan fingerprint density at radius 1 is 1.64 bits per heavy atom. The standard InChI is InChI=1S/C10H10ClN3/c11-10-4-7(5-12)8(6-14-10)9-2-1-3-13-9/h4,6,9,13H,1-3H2/t9-/m0/s1. The lowest BCUT2D eigenvalue weighted by molar-refractivity contribution is 0.643. The van der Waals surface area contributed by atoms with E-state index < -0.39 is 0 Å². The summed E-state index contributed by atoms with van der Waals surface area (Å²) in [7, 11) is 0. The first-order valence-corrected chi connectivity index (χ1v) is 4.98. The van der Waals surface area contributed by atoms with Gasteiger partial charge in [-0.25, -0.2) is 4.98 Å². The average Bonchev–Trinajstić information content (AvgIpc) is 2.70. The zero-order valence-electron chi connectivity index (χ0n) is 7.63. The fourth-order valence-corrected chi connectivity index (χ4v) is 1.92. The summed E-state index contributed by atoms with van der Waals surface area (Å²) >= 11 is 5.72. The molecule has 1 N–H and O–H groups in total. The number of rotatable bonds is 1. The summed E-state index contributed by atoms with van der Waals surface area (Å²) in [5, 5.41) is 12.6. The van der Waals surface area contributed by atoms with Crippen molar-refractivity contribution in [2.24, 2.45) is 0 Å². The highest BCUT2D eigenvalue weighted by molar-refractivity contribution is 6.29. The van der Waals surface area contributed by atoms with E-state index in [0.717, 1.165) is 24.9 Å². The van der Waals surface area contributed by atoms with E-state index in [4.69, 9.17) is 16.9 Å². The molecule has 1 aliphatic rings.